The number of pyridine rings is 1. The lowest BCUT2D eigenvalue weighted by atomic mass is 10.0. The van der Waals surface area contributed by atoms with E-state index in [1.165, 1.54) is 7.11 Å². The Labute approximate surface area is 186 Å². The second-order valence-electron chi connectivity index (χ2n) is 7.45. The van der Waals surface area contributed by atoms with Crippen LogP contribution in [0.3, 0.4) is 0 Å². The first kappa shape index (κ1) is 21.2. The number of aryl methyl sites for hydroxylation is 1. The summed E-state index contributed by atoms with van der Waals surface area (Å²) in [6.45, 7) is 2.02. The number of fused-ring (bicyclic) bond motifs is 1. The Kier molecular flexibility index (Phi) is 6.24. The van der Waals surface area contributed by atoms with Crippen molar-refractivity contribution in [2.45, 2.75) is 6.92 Å². The number of hydrogen-bond acceptors (Lipinski definition) is 4. The third-order valence-corrected chi connectivity index (χ3v) is 5.01. The third kappa shape index (κ3) is 4.82. The van der Waals surface area contributed by atoms with E-state index in [0.717, 1.165) is 27.7 Å². The van der Waals surface area contributed by atoms with E-state index in [4.69, 9.17) is 9.72 Å². The number of hydrogen-bond donors (Lipinski definition) is 2. The molecule has 160 valence electrons. The quantitative estimate of drug-likeness (QED) is 0.453. The van der Waals surface area contributed by atoms with Gasteiger partial charge in [-0.05, 0) is 43.3 Å². The highest BCUT2D eigenvalue weighted by atomic mass is 16.5. The van der Waals surface area contributed by atoms with Crippen LogP contribution >= 0.6 is 0 Å². The molecule has 2 amide bonds. The van der Waals surface area contributed by atoms with Gasteiger partial charge in [0.05, 0.1) is 16.8 Å². The molecule has 0 unspecified atom stereocenters. The van der Waals surface area contributed by atoms with E-state index in [0.29, 0.717) is 16.9 Å². The SMILES string of the molecule is COCC(=O)Nc1ccc(NC(=O)c2cc(-c3ccc(C)cc3)nc3ccccc23)cc1. The average Bonchev–Trinajstić information content (AvgIpc) is 2.80. The number of para-hydroxylation sites is 1. The Balaban J connectivity index is 1.61. The minimum Gasteiger partial charge on any atom is -0.375 e. The van der Waals surface area contributed by atoms with Crippen molar-refractivity contribution in [1.82, 2.24) is 4.98 Å². The lowest BCUT2D eigenvalue weighted by Crippen LogP contribution is -2.17. The first-order chi connectivity index (χ1) is 15.5. The second kappa shape index (κ2) is 9.41. The molecule has 0 radical (unpaired) electrons. The van der Waals surface area contributed by atoms with Gasteiger partial charge in [-0.15, -0.1) is 0 Å². The fraction of sp³-hybridized carbons (Fsp3) is 0.115. The van der Waals surface area contributed by atoms with E-state index in [-0.39, 0.29) is 18.4 Å². The predicted octanol–water partition coefficient (Wildman–Crippen LogP) is 5.05. The molecule has 0 spiro atoms. The van der Waals surface area contributed by atoms with Crippen LogP contribution in [0.5, 0.6) is 0 Å². The number of ether oxygens (including phenoxy) is 1. The molecule has 1 heterocycles. The Morgan fingerprint density at radius 2 is 1.53 bits per heavy atom. The molecule has 0 saturated carbocycles. The first-order valence-electron chi connectivity index (χ1n) is 10.2. The van der Waals surface area contributed by atoms with Gasteiger partial charge in [0.1, 0.15) is 6.61 Å². The number of carbonyl (C=O) groups is 2. The van der Waals surface area contributed by atoms with E-state index >= 15 is 0 Å². The number of rotatable bonds is 6. The highest BCUT2D eigenvalue weighted by molar-refractivity contribution is 6.13. The van der Waals surface area contributed by atoms with Gasteiger partial charge < -0.3 is 15.4 Å². The molecule has 0 saturated heterocycles. The Morgan fingerprint density at radius 3 is 2.22 bits per heavy atom. The van der Waals surface area contributed by atoms with Gasteiger partial charge in [0, 0.05) is 29.4 Å². The van der Waals surface area contributed by atoms with Gasteiger partial charge in [-0.25, -0.2) is 4.98 Å². The molecule has 0 atom stereocenters. The summed E-state index contributed by atoms with van der Waals surface area (Å²) in [7, 11) is 1.46. The van der Waals surface area contributed by atoms with E-state index in [1.807, 2.05) is 61.5 Å². The summed E-state index contributed by atoms with van der Waals surface area (Å²) in [6, 6.07) is 24.4. The number of nitrogens with one attached hydrogen (secondary N) is 2. The van der Waals surface area contributed by atoms with Gasteiger partial charge in [-0.1, -0.05) is 48.0 Å². The fourth-order valence-corrected chi connectivity index (χ4v) is 3.40. The number of aromatic nitrogens is 1. The van der Waals surface area contributed by atoms with Crippen molar-refractivity contribution in [3.05, 3.63) is 90.0 Å². The van der Waals surface area contributed by atoms with Gasteiger partial charge in [0.15, 0.2) is 0 Å². The summed E-state index contributed by atoms with van der Waals surface area (Å²) in [5.74, 6) is -0.468. The molecular weight excluding hydrogens is 402 g/mol. The van der Waals surface area contributed by atoms with Crippen LogP contribution in [0.2, 0.25) is 0 Å². The Morgan fingerprint density at radius 1 is 0.875 bits per heavy atom. The van der Waals surface area contributed by atoms with Crippen molar-refractivity contribution in [3.8, 4) is 11.3 Å². The highest BCUT2D eigenvalue weighted by Gasteiger charge is 2.14. The third-order valence-electron chi connectivity index (χ3n) is 5.01. The van der Waals surface area contributed by atoms with Crippen LogP contribution in [0.4, 0.5) is 11.4 Å². The standard InChI is InChI=1S/C26H23N3O3/c1-17-7-9-18(10-8-17)24-15-22(21-5-3-4-6-23(21)29-24)26(31)28-20-13-11-19(12-14-20)27-25(30)16-32-2/h3-15H,16H2,1-2H3,(H,27,30)(H,28,31). The smallest absolute Gasteiger partial charge is 0.256 e. The second-order valence-corrected chi connectivity index (χ2v) is 7.45. The van der Waals surface area contributed by atoms with E-state index < -0.39 is 0 Å². The molecule has 3 aromatic carbocycles. The summed E-state index contributed by atoms with van der Waals surface area (Å²) in [5.41, 5.74) is 5.40. The van der Waals surface area contributed by atoms with Crippen LogP contribution in [0, 0.1) is 6.92 Å². The number of nitrogens with zero attached hydrogens (tertiary/aromatic N) is 1. The largest absolute Gasteiger partial charge is 0.375 e. The molecule has 0 aliphatic heterocycles. The normalized spacial score (nSPS) is 10.7. The minimum absolute atomic E-state index is 0.0169. The Hall–Kier alpha value is -4.03. The van der Waals surface area contributed by atoms with Crippen molar-refractivity contribution in [2.75, 3.05) is 24.4 Å². The molecule has 4 aromatic rings. The zero-order chi connectivity index (χ0) is 22.5. The average molecular weight is 425 g/mol. The van der Waals surface area contributed by atoms with Gasteiger partial charge in [0.25, 0.3) is 5.91 Å². The number of amides is 2. The molecule has 6 heteroatoms. The maximum atomic E-state index is 13.2. The summed E-state index contributed by atoms with van der Waals surface area (Å²) in [6.07, 6.45) is 0. The molecule has 0 aliphatic carbocycles. The van der Waals surface area contributed by atoms with Crippen LogP contribution in [0.15, 0.2) is 78.9 Å². The molecule has 1 aromatic heterocycles. The van der Waals surface area contributed by atoms with Crippen molar-refractivity contribution in [3.63, 3.8) is 0 Å². The van der Waals surface area contributed by atoms with E-state index in [1.54, 1.807) is 24.3 Å². The van der Waals surface area contributed by atoms with Crippen molar-refractivity contribution < 1.29 is 14.3 Å². The minimum atomic E-state index is -0.240. The lowest BCUT2D eigenvalue weighted by molar-refractivity contribution is -0.119. The topological polar surface area (TPSA) is 80.3 Å². The zero-order valence-electron chi connectivity index (χ0n) is 17.9. The molecular formula is C26H23N3O3. The van der Waals surface area contributed by atoms with Gasteiger partial charge in [-0.3, -0.25) is 9.59 Å². The summed E-state index contributed by atoms with van der Waals surface area (Å²) in [5, 5.41) is 6.45. The van der Waals surface area contributed by atoms with Crippen LogP contribution in [0.1, 0.15) is 15.9 Å². The number of carbonyl (C=O) groups excluding carboxylic acids is 2. The first-order valence-corrected chi connectivity index (χ1v) is 10.2. The Bertz CT molecular complexity index is 1270. The molecule has 6 nitrogen and oxygen atoms in total. The predicted molar refractivity (Wildman–Crippen MR) is 127 cm³/mol. The molecule has 0 aliphatic rings. The molecule has 4 rings (SSSR count). The van der Waals surface area contributed by atoms with Crippen molar-refractivity contribution in [2.24, 2.45) is 0 Å². The molecule has 2 N–H and O–H groups in total. The molecule has 0 bridgehead atoms. The van der Waals surface area contributed by atoms with E-state index in [9.17, 15) is 9.59 Å². The molecule has 0 fully saturated rings. The summed E-state index contributed by atoms with van der Waals surface area (Å²) in [4.78, 5) is 29.6. The van der Waals surface area contributed by atoms with Gasteiger partial charge in [-0.2, -0.15) is 0 Å². The zero-order valence-corrected chi connectivity index (χ0v) is 17.9. The van der Waals surface area contributed by atoms with Gasteiger partial charge in [0.2, 0.25) is 5.91 Å². The maximum absolute atomic E-state index is 13.2. The lowest BCUT2D eigenvalue weighted by Gasteiger charge is -2.11. The fourth-order valence-electron chi connectivity index (χ4n) is 3.40. The van der Waals surface area contributed by atoms with Crippen LogP contribution in [-0.2, 0) is 9.53 Å². The highest BCUT2D eigenvalue weighted by Crippen LogP contribution is 2.26. The number of methoxy groups -OCH3 is 1. The van der Waals surface area contributed by atoms with Crippen molar-refractivity contribution in [1.29, 1.82) is 0 Å². The monoisotopic (exact) mass is 425 g/mol. The summed E-state index contributed by atoms with van der Waals surface area (Å²) >= 11 is 0. The van der Waals surface area contributed by atoms with Crippen LogP contribution < -0.4 is 10.6 Å². The van der Waals surface area contributed by atoms with Crippen molar-refractivity contribution >= 4 is 34.1 Å². The molecule has 32 heavy (non-hydrogen) atoms. The number of benzene rings is 3. The van der Waals surface area contributed by atoms with Crippen LogP contribution in [-0.4, -0.2) is 30.5 Å². The maximum Gasteiger partial charge on any atom is 0.256 e. The number of anilines is 2. The summed E-state index contributed by atoms with van der Waals surface area (Å²) < 4.78 is 4.81. The van der Waals surface area contributed by atoms with Gasteiger partial charge >= 0.3 is 0 Å². The van der Waals surface area contributed by atoms with Crippen LogP contribution in [0.25, 0.3) is 22.2 Å². The van der Waals surface area contributed by atoms with E-state index in [2.05, 4.69) is 10.6 Å².